The van der Waals surface area contributed by atoms with Crippen LogP contribution >= 0.6 is 0 Å². The van der Waals surface area contributed by atoms with Crippen LogP contribution in [0, 0.1) is 0 Å². The van der Waals surface area contributed by atoms with Gasteiger partial charge in [-0.1, -0.05) is 24.3 Å². The molecule has 0 radical (unpaired) electrons. The van der Waals surface area contributed by atoms with Gasteiger partial charge in [0.05, 0.1) is 25.0 Å². The van der Waals surface area contributed by atoms with E-state index < -0.39 is 11.7 Å². The standard InChI is InChI=1S/C18H17NO4/c1-22-15-9-4-5-10-16(15)23-12-6-11-19-14-8-3-2-7-13(14)17(20)18(19)21/h2-5,7-10H,6,11-12H2,1H3. The van der Waals surface area contributed by atoms with E-state index in [-0.39, 0.29) is 0 Å². The van der Waals surface area contributed by atoms with Gasteiger partial charge in [-0.2, -0.15) is 0 Å². The summed E-state index contributed by atoms with van der Waals surface area (Å²) in [4.78, 5) is 25.5. The summed E-state index contributed by atoms with van der Waals surface area (Å²) in [5, 5.41) is 0. The highest BCUT2D eigenvalue weighted by Crippen LogP contribution is 2.29. The molecule has 0 spiro atoms. The van der Waals surface area contributed by atoms with Crippen molar-refractivity contribution in [2.24, 2.45) is 0 Å². The average molecular weight is 311 g/mol. The summed E-state index contributed by atoms with van der Waals surface area (Å²) in [6.45, 7) is 0.872. The van der Waals surface area contributed by atoms with Crippen LogP contribution in [0.5, 0.6) is 11.5 Å². The second kappa shape index (κ2) is 6.52. The Labute approximate surface area is 134 Å². The Morgan fingerprint density at radius 1 is 0.957 bits per heavy atom. The van der Waals surface area contributed by atoms with Gasteiger partial charge in [-0.15, -0.1) is 0 Å². The van der Waals surface area contributed by atoms with Crippen molar-refractivity contribution in [1.29, 1.82) is 0 Å². The first-order chi connectivity index (χ1) is 11.2. The van der Waals surface area contributed by atoms with Gasteiger partial charge in [0.1, 0.15) is 0 Å². The third kappa shape index (κ3) is 2.90. The van der Waals surface area contributed by atoms with Crippen molar-refractivity contribution < 1.29 is 19.1 Å². The number of hydrogen-bond acceptors (Lipinski definition) is 4. The summed E-state index contributed by atoms with van der Waals surface area (Å²) in [6, 6.07) is 14.5. The van der Waals surface area contributed by atoms with Crippen LogP contribution in [-0.4, -0.2) is 32.0 Å². The fraction of sp³-hybridized carbons (Fsp3) is 0.222. The van der Waals surface area contributed by atoms with Crippen molar-refractivity contribution in [2.75, 3.05) is 25.2 Å². The number of ether oxygens (including phenoxy) is 2. The average Bonchev–Trinajstić information content (AvgIpc) is 2.84. The van der Waals surface area contributed by atoms with E-state index in [9.17, 15) is 9.59 Å². The fourth-order valence-electron chi connectivity index (χ4n) is 2.61. The summed E-state index contributed by atoms with van der Waals surface area (Å²) < 4.78 is 10.9. The molecule has 118 valence electrons. The van der Waals surface area contributed by atoms with Gasteiger partial charge < -0.3 is 14.4 Å². The third-order valence-electron chi connectivity index (χ3n) is 3.73. The van der Waals surface area contributed by atoms with Gasteiger partial charge in [-0.25, -0.2) is 0 Å². The van der Waals surface area contributed by atoms with Crippen molar-refractivity contribution in [3.63, 3.8) is 0 Å². The number of hydrogen-bond donors (Lipinski definition) is 0. The van der Waals surface area contributed by atoms with Crippen LogP contribution in [0.4, 0.5) is 5.69 Å². The quantitative estimate of drug-likeness (QED) is 0.608. The maximum atomic E-state index is 12.0. The number of ketones is 1. The monoisotopic (exact) mass is 311 g/mol. The molecule has 1 heterocycles. The van der Waals surface area contributed by atoms with Crippen molar-refractivity contribution in [3.05, 3.63) is 54.1 Å². The molecular formula is C18H17NO4. The number of methoxy groups -OCH3 is 1. The van der Waals surface area contributed by atoms with Gasteiger partial charge in [0, 0.05) is 6.54 Å². The summed E-state index contributed by atoms with van der Waals surface area (Å²) in [5.74, 6) is 0.430. The van der Waals surface area contributed by atoms with Gasteiger partial charge in [0.2, 0.25) is 0 Å². The molecule has 0 aliphatic carbocycles. The molecule has 0 N–H and O–H groups in total. The first-order valence-corrected chi connectivity index (χ1v) is 7.43. The number of benzene rings is 2. The number of fused-ring (bicyclic) bond motifs is 1. The minimum absolute atomic E-state index is 0.431. The van der Waals surface area contributed by atoms with E-state index >= 15 is 0 Å². The molecule has 0 aromatic heterocycles. The Hall–Kier alpha value is -2.82. The van der Waals surface area contributed by atoms with Crippen LogP contribution in [0.25, 0.3) is 0 Å². The Balaban J connectivity index is 1.59. The van der Waals surface area contributed by atoms with E-state index in [4.69, 9.17) is 9.47 Å². The lowest BCUT2D eigenvalue weighted by Crippen LogP contribution is -2.31. The summed E-state index contributed by atoms with van der Waals surface area (Å²) in [5.41, 5.74) is 1.16. The topological polar surface area (TPSA) is 55.8 Å². The summed E-state index contributed by atoms with van der Waals surface area (Å²) >= 11 is 0. The molecule has 0 saturated carbocycles. The molecule has 1 aliphatic heterocycles. The molecule has 0 bridgehead atoms. The lowest BCUT2D eigenvalue weighted by Gasteiger charge is -2.17. The lowest BCUT2D eigenvalue weighted by atomic mass is 10.1. The molecule has 5 heteroatoms. The minimum Gasteiger partial charge on any atom is -0.493 e. The SMILES string of the molecule is COc1ccccc1OCCCN1C(=O)C(=O)c2ccccc21. The zero-order valence-corrected chi connectivity index (χ0v) is 12.8. The number of amides is 1. The number of carbonyl (C=O) groups is 2. The Morgan fingerprint density at radius 2 is 1.65 bits per heavy atom. The second-order valence-electron chi connectivity index (χ2n) is 5.16. The number of carbonyl (C=O) groups excluding carboxylic acids is 2. The van der Waals surface area contributed by atoms with Gasteiger partial charge in [0.15, 0.2) is 11.5 Å². The Bertz CT molecular complexity index is 741. The van der Waals surface area contributed by atoms with Gasteiger partial charge in [-0.3, -0.25) is 9.59 Å². The Kier molecular flexibility index (Phi) is 4.28. The molecule has 0 saturated heterocycles. The molecule has 0 fully saturated rings. The van der Waals surface area contributed by atoms with Crippen LogP contribution in [0.3, 0.4) is 0 Å². The lowest BCUT2D eigenvalue weighted by molar-refractivity contribution is -0.114. The molecule has 2 aromatic rings. The second-order valence-corrected chi connectivity index (χ2v) is 5.16. The van der Waals surface area contributed by atoms with Gasteiger partial charge in [0.25, 0.3) is 11.7 Å². The molecule has 0 unspecified atom stereocenters. The van der Waals surface area contributed by atoms with Crippen LogP contribution in [-0.2, 0) is 4.79 Å². The number of para-hydroxylation sites is 3. The number of anilines is 1. The van der Waals surface area contributed by atoms with Crippen molar-refractivity contribution in [3.8, 4) is 11.5 Å². The predicted molar refractivity (Wildman–Crippen MR) is 86.2 cm³/mol. The molecule has 5 nitrogen and oxygen atoms in total. The molecular weight excluding hydrogens is 294 g/mol. The summed E-state index contributed by atoms with van der Waals surface area (Å²) in [6.07, 6.45) is 0.616. The van der Waals surface area contributed by atoms with E-state index in [0.29, 0.717) is 42.3 Å². The number of nitrogens with zero attached hydrogens (tertiary/aromatic N) is 1. The zero-order valence-electron chi connectivity index (χ0n) is 12.8. The first kappa shape index (κ1) is 15.1. The first-order valence-electron chi connectivity index (χ1n) is 7.43. The number of Topliss-reactive ketones (excluding diaryl/α,β-unsaturated/α-hetero) is 1. The van der Waals surface area contributed by atoms with Crippen LogP contribution in [0.1, 0.15) is 16.8 Å². The van der Waals surface area contributed by atoms with E-state index in [0.717, 1.165) is 0 Å². The molecule has 0 atom stereocenters. The van der Waals surface area contributed by atoms with Gasteiger partial charge in [-0.05, 0) is 30.7 Å². The molecule has 3 rings (SSSR count). The van der Waals surface area contributed by atoms with Crippen molar-refractivity contribution in [1.82, 2.24) is 0 Å². The normalized spacial score (nSPS) is 13.2. The minimum atomic E-state index is -0.469. The van der Waals surface area contributed by atoms with E-state index in [2.05, 4.69) is 0 Å². The van der Waals surface area contributed by atoms with E-state index in [1.54, 1.807) is 25.3 Å². The maximum Gasteiger partial charge on any atom is 0.299 e. The summed E-state index contributed by atoms with van der Waals surface area (Å²) in [7, 11) is 1.59. The van der Waals surface area contributed by atoms with Crippen LogP contribution < -0.4 is 14.4 Å². The predicted octanol–water partition coefficient (Wildman–Crippen LogP) is 2.69. The highest BCUT2D eigenvalue weighted by Gasteiger charge is 2.34. The van der Waals surface area contributed by atoms with Crippen LogP contribution in [0.2, 0.25) is 0 Å². The third-order valence-corrected chi connectivity index (χ3v) is 3.73. The fourth-order valence-corrected chi connectivity index (χ4v) is 2.61. The molecule has 2 aromatic carbocycles. The highest BCUT2D eigenvalue weighted by molar-refractivity contribution is 6.52. The van der Waals surface area contributed by atoms with Crippen molar-refractivity contribution >= 4 is 17.4 Å². The van der Waals surface area contributed by atoms with Crippen LogP contribution in [0.15, 0.2) is 48.5 Å². The smallest absolute Gasteiger partial charge is 0.299 e. The molecule has 1 amide bonds. The van der Waals surface area contributed by atoms with Gasteiger partial charge >= 0.3 is 0 Å². The van der Waals surface area contributed by atoms with Crippen molar-refractivity contribution in [2.45, 2.75) is 6.42 Å². The number of rotatable bonds is 6. The largest absolute Gasteiger partial charge is 0.493 e. The highest BCUT2D eigenvalue weighted by atomic mass is 16.5. The van der Waals surface area contributed by atoms with E-state index in [1.165, 1.54) is 4.90 Å². The van der Waals surface area contributed by atoms with E-state index in [1.807, 2.05) is 30.3 Å². The molecule has 23 heavy (non-hydrogen) atoms. The molecule has 1 aliphatic rings. The Morgan fingerprint density at radius 3 is 2.43 bits per heavy atom. The maximum absolute atomic E-state index is 12.0. The zero-order chi connectivity index (χ0) is 16.2.